The van der Waals surface area contributed by atoms with E-state index in [1.54, 1.807) is 7.11 Å². The Morgan fingerprint density at radius 3 is 2.89 bits per heavy atom. The molecular formula is C21H21N3O3. The van der Waals surface area contributed by atoms with Crippen molar-refractivity contribution in [2.75, 3.05) is 13.7 Å². The predicted octanol–water partition coefficient (Wildman–Crippen LogP) is 3.13. The summed E-state index contributed by atoms with van der Waals surface area (Å²) in [6, 6.07) is 5.76. The molecule has 2 N–H and O–H groups in total. The number of ether oxygens (including phenoxy) is 1. The van der Waals surface area contributed by atoms with Crippen LogP contribution in [-0.4, -0.2) is 34.5 Å². The van der Waals surface area contributed by atoms with Gasteiger partial charge in [-0.3, -0.25) is 10.00 Å². The van der Waals surface area contributed by atoms with Gasteiger partial charge in [0.25, 0.3) is 0 Å². The minimum atomic E-state index is -0.972. The van der Waals surface area contributed by atoms with Crippen LogP contribution < -0.4 is 10.1 Å². The molecule has 4 rings (SSSR count). The first-order valence-corrected chi connectivity index (χ1v) is 9.01. The van der Waals surface area contributed by atoms with Crippen molar-refractivity contribution >= 4 is 17.6 Å². The SMILES string of the molecule is C#CC1NCC(c2c(C(=O)O)cnn2C2CCC2)=Cc2cc(OC)ccc21. The van der Waals surface area contributed by atoms with Crippen molar-refractivity contribution in [1.82, 2.24) is 15.1 Å². The van der Waals surface area contributed by atoms with Gasteiger partial charge in [-0.05, 0) is 54.2 Å². The number of benzene rings is 1. The van der Waals surface area contributed by atoms with Crippen molar-refractivity contribution in [1.29, 1.82) is 0 Å². The fourth-order valence-electron chi connectivity index (χ4n) is 3.68. The molecule has 1 saturated carbocycles. The standard InChI is InChI=1S/C21H21N3O3/c1-3-19-17-8-7-16(27-2)10-13(17)9-14(11-22-19)20-18(21(25)26)12-23-24(20)15-5-4-6-15/h1,7-10,12,15,19,22H,4-6,11H2,2H3,(H,25,26). The molecule has 1 unspecified atom stereocenters. The number of aromatic carboxylic acids is 1. The third-order valence-electron chi connectivity index (χ3n) is 5.35. The summed E-state index contributed by atoms with van der Waals surface area (Å²) in [4.78, 5) is 11.8. The number of carboxylic acid groups (broad SMARTS) is 1. The fraction of sp³-hybridized carbons (Fsp3) is 0.333. The zero-order chi connectivity index (χ0) is 19.0. The zero-order valence-corrected chi connectivity index (χ0v) is 15.1. The fourth-order valence-corrected chi connectivity index (χ4v) is 3.68. The number of aromatic nitrogens is 2. The summed E-state index contributed by atoms with van der Waals surface area (Å²) in [5.41, 5.74) is 3.64. The van der Waals surface area contributed by atoms with Crippen LogP contribution in [0.2, 0.25) is 0 Å². The number of nitrogens with zero attached hydrogens (tertiary/aromatic N) is 2. The summed E-state index contributed by atoms with van der Waals surface area (Å²) in [5.74, 6) is 2.53. The highest BCUT2D eigenvalue weighted by Gasteiger charge is 2.29. The highest BCUT2D eigenvalue weighted by molar-refractivity contribution is 5.96. The summed E-state index contributed by atoms with van der Waals surface area (Å²) in [6.07, 6.45) is 12.4. The van der Waals surface area contributed by atoms with Crippen molar-refractivity contribution in [3.05, 3.63) is 46.8 Å². The zero-order valence-electron chi connectivity index (χ0n) is 15.1. The maximum Gasteiger partial charge on any atom is 0.339 e. The maximum atomic E-state index is 11.8. The van der Waals surface area contributed by atoms with Crippen molar-refractivity contribution in [2.24, 2.45) is 0 Å². The Kier molecular flexibility index (Phi) is 4.46. The van der Waals surface area contributed by atoms with Gasteiger partial charge in [0.2, 0.25) is 0 Å². The second kappa shape index (κ2) is 6.93. The smallest absolute Gasteiger partial charge is 0.339 e. The number of hydrogen-bond donors (Lipinski definition) is 2. The van der Waals surface area contributed by atoms with Gasteiger partial charge in [-0.2, -0.15) is 5.10 Å². The summed E-state index contributed by atoms with van der Waals surface area (Å²) < 4.78 is 7.22. The Hall–Kier alpha value is -3.04. The molecule has 2 aromatic rings. The van der Waals surface area contributed by atoms with Crippen molar-refractivity contribution < 1.29 is 14.6 Å². The molecule has 2 heterocycles. The Labute approximate surface area is 157 Å². The summed E-state index contributed by atoms with van der Waals surface area (Å²) in [5, 5.41) is 17.4. The van der Waals surface area contributed by atoms with Gasteiger partial charge in [0.15, 0.2) is 0 Å². The Balaban J connectivity index is 1.87. The van der Waals surface area contributed by atoms with Gasteiger partial charge in [0, 0.05) is 6.54 Å². The van der Waals surface area contributed by atoms with E-state index in [0.29, 0.717) is 12.2 Å². The molecular weight excluding hydrogens is 342 g/mol. The normalized spacial score (nSPS) is 19.3. The minimum absolute atomic E-state index is 0.221. The van der Waals surface area contributed by atoms with Crippen LogP contribution in [-0.2, 0) is 0 Å². The lowest BCUT2D eigenvalue weighted by Crippen LogP contribution is -2.24. The molecule has 0 spiro atoms. The van der Waals surface area contributed by atoms with Crippen LogP contribution >= 0.6 is 0 Å². The number of fused-ring (bicyclic) bond motifs is 1. The highest BCUT2D eigenvalue weighted by Crippen LogP contribution is 2.37. The number of carbonyl (C=O) groups is 1. The van der Waals surface area contributed by atoms with Gasteiger partial charge >= 0.3 is 5.97 Å². The van der Waals surface area contributed by atoms with Crippen LogP contribution in [0.25, 0.3) is 11.6 Å². The molecule has 1 aromatic heterocycles. The van der Waals surface area contributed by atoms with Gasteiger partial charge in [-0.15, -0.1) is 6.42 Å². The first-order chi connectivity index (χ1) is 13.1. The van der Waals surface area contributed by atoms with Crippen molar-refractivity contribution in [3.63, 3.8) is 0 Å². The topological polar surface area (TPSA) is 76.4 Å². The van der Waals surface area contributed by atoms with E-state index >= 15 is 0 Å². The molecule has 138 valence electrons. The van der Waals surface area contributed by atoms with Gasteiger partial charge in [0.05, 0.1) is 31.1 Å². The van der Waals surface area contributed by atoms with E-state index in [1.165, 1.54) is 6.20 Å². The molecule has 6 heteroatoms. The second-order valence-electron chi connectivity index (χ2n) is 6.89. The molecule has 6 nitrogen and oxygen atoms in total. The molecule has 1 aliphatic heterocycles. The van der Waals surface area contributed by atoms with E-state index in [1.807, 2.05) is 29.0 Å². The molecule has 1 fully saturated rings. The summed E-state index contributed by atoms with van der Waals surface area (Å²) >= 11 is 0. The molecule has 0 amide bonds. The third kappa shape index (κ3) is 3.00. The second-order valence-corrected chi connectivity index (χ2v) is 6.89. The Morgan fingerprint density at radius 1 is 1.44 bits per heavy atom. The molecule has 0 saturated heterocycles. The van der Waals surface area contributed by atoms with Crippen LogP contribution in [0.3, 0.4) is 0 Å². The number of methoxy groups -OCH3 is 1. The predicted molar refractivity (Wildman–Crippen MR) is 103 cm³/mol. The maximum absolute atomic E-state index is 11.8. The van der Waals surface area contributed by atoms with Crippen molar-refractivity contribution in [3.8, 4) is 18.1 Å². The summed E-state index contributed by atoms with van der Waals surface area (Å²) in [7, 11) is 1.62. The van der Waals surface area contributed by atoms with Crippen LogP contribution in [0.5, 0.6) is 5.75 Å². The van der Waals surface area contributed by atoms with E-state index < -0.39 is 5.97 Å². The average Bonchev–Trinajstić information content (AvgIpc) is 2.96. The third-order valence-corrected chi connectivity index (χ3v) is 5.35. The number of carboxylic acids is 1. The van der Waals surface area contributed by atoms with Crippen LogP contribution in [0, 0.1) is 12.3 Å². The molecule has 27 heavy (non-hydrogen) atoms. The highest BCUT2D eigenvalue weighted by atomic mass is 16.5. The quantitative estimate of drug-likeness (QED) is 0.816. The molecule has 0 radical (unpaired) electrons. The first-order valence-electron chi connectivity index (χ1n) is 9.01. The number of nitrogens with one attached hydrogen (secondary N) is 1. The Bertz CT molecular complexity index is 964. The van der Waals surface area contributed by atoms with E-state index in [9.17, 15) is 9.90 Å². The van der Waals surface area contributed by atoms with Gasteiger partial charge in [-0.1, -0.05) is 12.0 Å². The number of hydrogen-bond acceptors (Lipinski definition) is 4. The van der Waals surface area contributed by atoms with Crippen molar-refractivity contribution in [2.45, 2.75) is 31.3 Å². The largest absolute Gasteiger partial charge is 0.497 e. The van der Waals surface area contributed by atoms with Gasteiger partial charge in [0.1, 0.15) is 11.3 Å². The lowest BCUT2D eigenvalue weighted by atomic mass is 9.92. The number of rotatable bonds is 4. The van der Waals surface area contributed by atoms with E-state index in [0.717, 1.165) is 41.7 Å². The monoisotopic (exact) mass is 363 g/mol. The first kappa shape index (κ1) is 17.4. The van der Waals surface area contributed by atoms with Crippen LogP contribution in [0.15, 0.2) is 24.4 Å². The molecule has 0 bridgehead atoms. The molecule has 2 aliphatic rings. The number of terminal acetylenes is 1. The summed E-state index contributed by atoms with van der Waals surface area (Å²) in [6.45, 7) is 0.463. The van der Waals surface area contributed by atoms with Gasteiger partial charge in [-0.25, -0.2) is 4.79 Å². The molecule has 1 aliphatic carbocycles. The molecule has 1 atom stereocenters. The van der Waals surface area contributed by atoms with E-state index in [4.69, 9.17) is 11.2 Å². The van der Waals surface area contributed by atoms with Crippen LogP contribution in [0.4, 0.5) is 0 Å². The average molecular weight is 363 g/mol. The Morgan fingerprint density at radius 2 is 2.26 bits per heavy atom. The molecule has 1 aromatic carbocycles. The van der Waals surface area contributed by atoms with E-state index in [2.05, 4.69) is 16.3 Å². The minimum Gasteiger partial charge on any atom is -0.497 e. The van der Waals surface area contributed by atoms with E-state index in [-0.39, 0.29) is 17.6 Å². The lowest BCUT2D eigenvalue weighted by Gasteiger charge is -2.28. The lowest BCUT2D eigenvalue weighted by molar-refractivity contribution is 0.0696. The van der Waals surface area contributed by atoms with Gasteiger partial charge < -0.3 is 9.84 Å². The van der Waals surface area contributed by atoms with Crippen LogP contribution in [0.1, 0.15) is 58.5 Å².